The van der Waals surface area contributed by atoms with Gasteiger partial charge in [-0.3, -0.25) is 9.78 Å². The lowest BCUT2D eigenvalue weighted by molar-refractivity contribution is -0.119. The van der Waals surface area contributed by atoms with Crippen LogP contribution < -0.4 is 4.74 Å². The minimum Gasteiger partial charge on any atom is -0.490 e. The van der Waals surface area contributed by atoms with E-state index in [1.165, 1.54) is 4.90 Å². The topological polar surface area (TPSA) is 60.9 Å². The van der Waals surface area contributed by atoms with Crippen LogP contribution in [-0.2, 0) is 26.5 Å². The number of unbranched alkanes of at least 4 members (excludes halogenated alkanes) is 1. The summed E-state index contributed by atoms with van der Waals surface area (Å²) in [4.78, 5) is 19.2. The van der Waals surface area contributed by atoms with Crippen molar-refractivity contribution in [3.63, 3.8) is 0 Å². The van der Waals surface area contributed by atoms with E-state index in [0.717, 1.165) is 123 Å². The average Bonchev–Trinajstić information content (AvgIpc) is 3.99. The second-order valence-electron chi connectivity index (χ2n) is 12.0. The number of hydrogen-bond acceptors (Lipinski definition) is 6. The number of nitrogens with zero attached hydrogens (tertiary/aromatic N) is 2. The molecule has 2 aliphatic carbocycles. The van der Waals surface area contributed by atoms with Crippen LogP contribution in [-0.4, -0.2) is 54.5 Å². The first-order valence-electron chi connectivity index (χ1n) is 15.7. The highest BCUT2D eigenvalue weighted by atomic mass is 35.5. The molecule has 2 saturated carbocycles. The van der Waals surface area contributed by atoms with Gasteiger partial charge in [-0.2, -0.15) is 0 Å². The smallest absolute Gasteiger partial charge is 0.209 e. The zero-order valence-electron chi connectivity index (χ0n) is 24.7. The van der Waals surface area contributed by atoms with Gasteiger partial charge in [-0.05, 0) is 104 Å². The van der Waals surface area contributed by atoms with Gasteiger partial charge in [-0.15, -0.1) is 11.8 Å². The van der Waals surface area contributed by atoms with E-state index in [1.807, 2.05) is 41.2 Å². The van der Waals surface area contributed by atoms with Gasteiger partial charge < -0.3 is 19.1 Å². The molecule has 43 heavy (non-hydrogen) atoms. The molecule has 0 spiro atoms. The van der Waals surface area contributed by atoms with E-state index >= 15 is 0 Å². The number of rotatable bonds is 16. The van der Waals surface area contributed by atoms with E-state index in [4.69, 9.17) is 25.8 Å². The van der Waals surface area contributed by atoms with Crippen LogP contribution in [0.15, 0.2) is 65.8 Å². The molecular formula is C35H41ClN2O4S. The first-order chi connectivity index (χ1) is 21.1. The van der Waals surface area contributed by atoms with Crippen LogP contribution in [0.2, 0.25) is 5.02 Å². The van der Waals surface area contributed by atoms with Crippen LogP contribution in [0.5, 0.6) is 5.75 Å². The maximum absolute atomic E-state index is 11.6. The summed E-state index contributed by atoms with van der Waals surface area (Å²) < 4.78 is 18.4. The first kappa shape index (κ1) is 30.4. The highest BCUT2D eigenvalue weighted by Gasteiger charge is 2.47. The highest BCUT2D eigenvalue weighted by molar-refractivity contribution is 7.99. The fraction of sp³-hybridized carbons (Fsp3) is 0.486. The quantitative estimate of drug-likeness (QED) is 0.0921. The summed E-state index contributed by atoms with van der Waals surface area (Å²) in [6, 6.07) is 16.6. The van der Waals surface area contributed by atoms with E-state index in [9.17, 15) is 4.79 Å². The second kappa shape index (κ2) is 14.5. The average molecular weight is 621 g/mol. The van der Waals surface area contributed by atoms with Gasteiger partial charge in [0, 0.05) is 59.7 Å². The van der Waals surface area contributed by atoms with Crippen LogP contribution >= 0.6 is 23.4 Å². The van der Waals surface area contributed by atoms with E-state index in [2.05, 4.69) is 41.4 Å². The number of carbonyl (C=O) groups excluding carboxylic acids is 1. The van der Waals surface area contributed by atoms with Gasteiger partial charge in [0.1, 0.15) is 5.75 Å². The number of aromatic nitrogens is 1. The van der Waals surface area contributed by atoms with E-state index in [1.54, 1.807) is 0 Å². The maximum atomic E-state index is 11.6. The Labute approximate surface area is 264 Å². The third-order valence-corrected chi connectivity index (χ3v) is 10.1. The summed E-state index contributed by atoms with van der Waals surface area (Å²) in [7, 11) is 0. The molecule has 0 bridgehead atoms. The van der Waals surface area contributed by atoms with Gasteiger partial charge >= 0.3 is 0 Å². The summed E-state index contributed by atoms with van der Waals surface area (Å²) in [5.74, 6) is 2.50. The molecule has 2 heterocycles. The molecule has 3 fully saturated rings. The summed E-state index contributed by atoms with van der Waals surface area (Å²) in [5.41, 5.74) is 3.98. The number of pyridine rings is 1. The largest absolute Gasteiger partial charge is 0.490 e. The van der Waals surface area contributed by atoms with Crippen molar-refractivity contribution in [3.8, 4) is 16.9 Å². The van der Waals surface area contributed by atoms with Crippen molar-refractivity contribution in [2.45, 2.75) is 74.6 Å². The van der Waals surface area contributed by atoms with Crippen LogP contribution in [0, 0.1) is 5.92 Å². The lowest BCUT2D eigenvalue weighted by atomic mass is 9.96. The Bertz CT molecular complexity index is 1370. The van der Waals surface area contributed by atoms with Crippen molar-refractivity contribution in [2.75, 3.05) is 32.1 Å². The molecule has 1 aliphatic heterocycles. The number of halogens is 1. The van der Waals surface area contributed by atoms with E-state index in [0.29, 0.717) is 18.6 Å². The fourth-order valence-electron chi connectivity index (χ4n) is 5.78. The third kappa shape index (κ3) is 8.13. The Morgan fingerprint density at radius 2 is 1.88 bits per heavy atom. The predicted molar refractivity (Wildman–Crippen MR) is 172 cm³/mol. The minimum atomic E-state index is -0.363. The number of amides is 1. The molecule has 228 valence electrons. The molecular weight excluding hydrogens is 580 g/mol. The molecule has 0 N–H and O–H groups in total. The van der Waals surface area contributed by atoms with Crippen molar-refractivity contribution in [2.24, 2.45) is 5.92 Å². The summed E-state index contributed by atoms with van der Waals surface area (Å²) in [5, 5.41) is 0.726. The zero-order valence-corrected chi connectivity index (χ0v) is 26.3. The number of thioether (sulfide) groups is 1. The monoisotopic (exact) mass is 620 g/mol. The molecule has 3 aromatic rings. The summed E-state index contributed by atoms with van der Waals surface area (Å²) in [6.07, 6.45) is 13.5. The molecule has 8 heteroatoms. The summed E-state index contributed by atoms with van der Waals surface area (Å²) in [6.45, 7) is 3.75. The maximum Gasteiger partial charge on any atom is 0.209 e. The molecule has 3 aliphatic rings. The zero-order chi connectivity index (χ0) is 29.5. The Morgan fingerprint density at radius 1 is 1.05 bits per heavy atom. The molecule has 2 aromatic carbocycles. The van der Waals surface area contributed by atoms with Gasteiger partial charge in [0.05, 0.1) is 18.3 Å². The lowest BCUT2D eigenvalue weighted by Crippen LogP contribution is -2.32. The van der Waals surface area contributed by atoms with Crippen LogP contribution in [0.4, 0.5) is 0 Å². The van der Waals surface area contributed by atoms with Crippen molar-refractivity contribution in [1.82, 2.24) is 9.88 Å². The number of ether oxygens (including phenoxy) is 3. The molecule has 0 radical (unpaired) electrons. The molecule has 6 nitrogen and oxygen atoms in total. The number of para-hydroxylation sites is 1. The molecule has 1 saturated heterocycles. The van der Waals surface area contributed by atoms with Gasteiger partial charge in [0.2, 0.25) is 6.41 Å². The molecule has 1 amide bonds. The number of benzene rings is 2. The highest BCUT2D eigenvalue weighted by Crippen LogP contribution is 2.53. The van der Waals surface area contributed by atoms with E-state index < -0.39 is 0 Å². The molecule has 0 atom stereocenters. The van der Waals surface area contributed by atoms with Crippen molar-refractivity contribution in [3.05, 3.63) is 77.1 Å². The number of carbonyl (C=O) groups is 1. The van der Waals surface area contributed by atoms with E-state index in [-0.39, 0.29) is 5.60 Å². The Kier molecular flexibility index (Phi) is 10.2. The molecule has 0 unspecified atom stereocenters. The van der Waals surface area contributed by atoms with Crippen LogP contribution in [0.1, 0.15) is 62.5 Å². The second-order valence-corrected chi connectivity index (χ2v) is 13.6. The Balaban J connectivity index is 1.03. The SMILES string of the molecule is O=CN(CCCCSc1ccc(Cl)c(COC2(c3cnccc3-c3ccccc3OC3CC3)CC2)c1)CC1CCOCC1. The fourth-order valence-corrected chi connectivity index (χ4v) is 6.92. The minimum absolute atomic E-state index is 0.332. The normalized spacial score (nSPS) is 17.9. The van der Waals surface area contributed by atoms with Gasteiger partial charge in [0.25, 0.3) is 0 Å². The third-order valence-electron chi connectivity index (χ3n) is 8.62. The van der Waals surface area contributed by atoms with Crippen LogP contribution in [0.25, 0.3) is 11.1 Å². The van der Waals surface area contributed by atoms with Crippen molar-refractivity contribution in [1.29, 1.82) is 0 Å². The standard InChI is InChI=1S/C35H41ClN2O4S/c36-33-10-9-29(43-20-4-3-17-38(25-39)23-26-12-18-40-19-13-26)21-27(33)24-41-35(14-15-35)32-22-37-16-11-30(32)31-5-1-2-6-34(31)42-28-7-8-28/h1-2,5-6,9-11,16,21-22,25-26,28H,3-4,7-8,12-15,17-20,23-24H2. The molecule has 1 aromatic heterocycles. The Hall–Kier alpha value is -2.58. The summed E-state index contributed by atoms with van der Waals surface area (Å²) >= 11 is 8.48. The van der Waals surface area contributed by atoms with Crippen molar-refractivity contribution >= 4 is 29.8 Å². The van der Waals surface area contributed by atoms with Gasteiger partial charge in [-0.1, -0.05) is 29.8 Å². The Morgan fingerprint density at radius 3 is 2.67 bits per heavy atom. The van der Waals surface area contributed by atoms with Crippen LogP contribution in [0.3, 0.4) is 0 Å². The predicted octanol–water partition coefficient (Wildman–Crippen LogP) is 7.91. The number of hydrogen-bond donors (Lipinski definition) is 0. The first-order valence-corrected chi connectivity index (χ1v) is 17.0. The van der Waals surface area contributed by atoms with Crippen molar-refractivity contribution < 1.29 is 19.0 Å². The van der Waals surface area contributed by atoms with Gasteiger partial charge in [-0.25, -0.2) is 0 Å². The lowest BCUT2D eigenvalue weighted by Gasteiger charge is -2.27. The molecule has 6 rings (SSSR count). The van der Waals surface area contributed by atoms with Gasteiger partial charge in [0.15, 0.2) is 0 Å².